The molecule has 1 heterocycles. The fourth-order valence-corrected chi connectivity index (χ4v) is 3.14. The molecule has 0 unspecified atom stereocenters. The van der Waals surface area contributed by atoms with Crippen LogP contribution in [-0.4, -0.2) is 45.7 Å². The van der Waals surface area contributed by atoms with Crippen LogP contribution >= 0.6 is 11.8 Å². The summed E-state index contributed by atoms with van der Waals surface area (Å²) < 4.78 is 6.11. The van der Waals surface area contributed by atoms with E-state index in [-0.39, 0.29) is 17.6 Å². The van der Waals surface area contributed by atoms with Gasteiger partial charge < -0.3 is 15.9 Å². The summed E-state index contributed by atoms with van der Waals surface area (Å²) in [7, 11) is 1.31. The van der Waals surface area contributed by atoms with Gasteiger partial charge in [-0.1, -0.05) is 55.4 Å². The fourth-order valence-electron chi connectivity index (χ4n) is 2.47. The summed E-state index contributed by atoms with van der Waals surface area (Å²) in [5.41, 5.74) is 1.98. The molecule has 0 bridgehead atoms. The zero-order valence-electron chi connectivity index (χ0n) is 15.9. The number of thioether (sulfide) groups is 1. The van der Waals surface area contributed by atoms with Gasteiger partial charge in [-0.25, -0.2) is 9.47 Å². The van der Waals surface area contributed by atoms with Crippen LogP contribution in [0.4, 0.5) is 0 Å². The Bertz CT molecular complexity index is 789. The number of benzene rings is 1. The first-order valence-corrected chi connectivity index (χ1v) is 9.58. The number of amides is 1. The second-order valence-corrected chi connectivity index (χ2v) is 7.55. The van der Waals surface area contributed by atoms with E-state index in [2.05, 4.69) is 15.5 Å². The summed E-state index contributed by atoms with van der Waals surface area (Å²) in [6, 6.07) is 7.09. The van der Waals surface area contributed by atoms with Crippen molar-refractivity contribution < 1.29 is 14.3 Å². The highest BCUT2D eigenvalue weighted by Crippen LogP contribution is 2.21. The van der Waals surface area contributed by atoms with Crippen LogP contribution in [0.3, 0.4) is 0 Å². The van der Waals surface area contributed by atoms with E-state index in [9.17, 15) is 9.59 Å². The number of nitrogen functional groups attached to an aromatic ring is 1. The van der Waals surface area contributed by atoms with Gasteiger partial charge in [0.15, 0.2) is 5.82 Å². The molecular formula is C18H25N5O3S. The van der Waals surface area contributed by atoms with Crippen molar-refractivity contribution in [2.45, 2.75) is 38.4 Å². The van der Waals surface area contributed by atoms with Crippen LogP contribution in [0, 0.1) is 12.8 Å². The van der Waals surface area contributed by atoms with Crippen molar-refractivity contribution in [3.05, 3.63) is 29.8 Å². The third kappa shape index (κ3) is 5.72. The Labute approximate surface area is 162 Å². The number of ether oxygens (including phenoxy) is 1. The van der Waals surface area contributed by atoms with Crippen LogP contribution in [0.1, 0.15) is 25.8 Å². The number of esters is 1. The first kappa shape index (κ1) is 20.8. The summed E-state index contributed by atoms with van der Waals surface area (Å²) in [5.74, 6) is 6.14. The standard InChI is InChI=1S/C18H25N5O3S/c1-11(2)9-14(17(25)26-4)20-15(24)10-27-18-22-21-16(23(18)19)13-7-5-12(3)6-8-13/h5-8,11,14H,9-10,19H2,1-4H3,(H,20,24)/t14-/m0/s1. The van der Waals surface area contributed by atoms with Gasteiger partial charge in [-0.05, 0) is 19.3 Å². The summed E-state index contributed by atoms with van der Waals surface area (Å²) >= 11 is 1.15. The number of aryl methyl sites for hydroxylation is 1. The van der Waals surface area contributed by atoms with Gasteiger partial charge in [0, 0.05) is 5.56 Å². The zero-order chi connectivity index (χ0) is 20.0. The van der Waals surface area contributed by atoms with Gasteiger partial charge in [-0.2, -0.15) is 0 Å². The lowest BCUT2D eigenvalue weighted by Gasteiger charge is -2.18. The number of hydrogen-bond acceptors (Lipinski definition) is 7. The molecule has 0 saturated heterocycles. The van der Waals surface area contributed by atoms with E-state index >= 15 is 0 Å². The molecule has 2 aromatic rings. The third-order valence-corrected chi connectivity index (χ3v) is 4.78. The van der Waals surface area contributed by atoms with Gasteiger partial charge >= 0.3 is 5.97 Å². The van der Waals surface area contributed by atoms with Crippen LogP contribution in [0.15, 0.2) is 29.4 Å². The van der Waals surface area contributed by atoms with Gasteiger partial charge in [0.05, 0.1) is 12.9 Å². The lowest BCUT2D eigenvalue weighted by Crippen LogP contribution is -2.43. The van der Waals surface area contributed by atoms with Crippen LogP contribution in [0.5, 0.6) is 0 Å². The Morgan fingerprint density at radius 2 is 1.93 bits per heavy atom. The first-order chi connectivity index (χ1) is 12.8. The van der Waals surface area contributed by atoms with E-state index in [1.807, 2.05) is 45.0 Å². The number of aromatic nitrogens is 3. The van der Waals surface area contributed by atoms with Crippen LogP contribution in [-0.2, 0) is 14.3 Å². The quantitative estimate of drug-likeness (QED) is 0.400. The topological polar surface area (TPSA) is 112 Å². The van der Waals surface area contributed by atoms with Gasteiger partial charge in [-0.3, -0.25) is 4.79 Å². The number of rotatable bonds is 8. The molecule has 1 atom stereocenters. The number of nitrogens with zero attached hydrogens (tertiary/aromatic N) is 3. The molecule has 0 saturated carbocycles. The maximum absolute atomic E-state index is 12.2. The second-order valence-electron chi connectivity index (χ2n) is 6.60. The molecule has 0 spiro atoms. The Morgan fingerprint density at radius 3 is 2.52 bits per heavy atom. The lowest BCUT2D eigenvalue weighted by molar-refractivity contribution is -0.145. The molecule has 0 radical (unpaired) electrons. The molecule has 27 heavy (non-hydrogen) atoms. The molecule has 1 aromatic heterocycles. The predicted octanol–water partition coefficient (Wildman–Crippen LogP) is 1.76. The summed E-state index contributed by atoms with van der Waals surface area (Å²) in [4.78, 5) is 24.0. The van der Waals surface area contributed by atoms with Crippen molar-refractivity contribution in [3.63, 3.8) is 0 Å². The largest absolute Gasteiger partial charge is 0.467 e. The molecule has 0 aliphatic carbocycles. The van der Waals surface area contributed by atoms with Crippen molar-refractivity contribution in [3.8, 4) is 11.4 Å². The molecule has 2 rings (SSSR count). The van der Waals surface area contributed by atoms with Gasteiger partial charge in [0.1, 0.15) is 6.04 Å². The number of carbonyl (C=O) groups is 2. The molecule has 146 valence electrons. The third-order valence-electron chi connectivity index (χ3n) is 3.83. The van der Waals surface area contributed by atoms with E-state index in [0.29, 0.717) is 17.4 Å². The molecule has 0 aliphatic rings. The maximum Gasteiger partial charge on any atom is 0.328 e. The highest BCUT2D eigenvalue weighted by molar-refractivity contribution is 7.99. The van der Waals surface area contributed by atoms with Gasteiger partial charge in [-0.15, -0.1) is 10.2 Å². The first-order valence-electron chi connectivity index (χ1n) is 8.59. The Hall–Kier alpha value is -2.55. The van der Waals surface area contributed by atoms with E-state index in [1.165, 1.54) is 11.8 Å². The molecule has 9 heteroatoms. The molecule has 0 aliphatic heterocycles. The highest BCUT2D eigenvalue weighted by atomic mass is 32.2. The number of nitrogens with two attached hydrogens (primary N) is 1. The summed E-state index contributed by atoms with van der Waals surface area (Å²) in [6.07, 6.45) is 0.508. The van der Waals surface area contributed by atoms with Gasteiger partial charge in [0.2, 0.25) is 11.1 Å². The minimum atomic E-state index is -0.665. The normalized spacial score (nSPS) is 12.0. The predicted molar refractivity (Wildman–Crippen MR) is 104 cm³/mol. The maximum atomic E-state index is 12.2. The minimum Gasteiger partial charge on any atom is -0.467 e. The van der Waals surface area contributed by atoms with Crippen LogP contribution in [0.2, 0.25) is 0 Å². The highest BCUT2D eigenvalue weighted by Gasteiger charge is 2.23. The molecule has 3 N–H and O–H groups in total. The monoisotopic (exact) mass is 391 g/mol. The number of carbonyl (C=O) groups excluding carboxylic acids is 2. The van der Waals surface area contributed by atoms with E-state index in [0.717, 1.165) is 22.9 Å². The number of hydrogen-bond donors (Lipinski definition) is 2. The van der Waals surface area contributed by atoms with Crippen molar-refractivity contribution in [2.24, 2.45) is 5.92 Å². The van der Waals surface area contributed by atoms with Crippen LogP contribution < -0.4 is 11.2 Å². The molecule has 1 aromatic carbocycles. The summed E-state index contributed by atoms with van der Waals surface area (Å²) in [5, 5.41) is 11.3. The van der Waals surface area contributed by atoms with Crippen molar-refractivity contribution in [2.75, 3.05) is 18.7 Å². The van der Waals surface area contributed by atoms with Crippen LogP contribution in [0.25, 0.3) is 11.4 Å². The number of methoxy groups -OCH3 is 1. The Balaban J connectivity index is 1.98. The van der Waals surface area contributed by atoms with Crippen molar-refractivity contribution >= 4 is 23.6 Å². The van der Waals surface area contributed by atoms with Crippen molar-refractivity contribution in [1.82, 2.24) is 20.2 Å². The molecule has 0 fully saturated rings. The second kappa shape index (κ2) is 9.40. The van der Waals surface area contributed by atoms with Crippen molar-refractivity contribution in [1.29, 1.82) is 0 Å². The molecular weight excluding hydrogens is 366 g/mol. The minimum absolute atomic E-state index is 0.0643. The Morgan fingerprint density at radius 1 is 1.26 bits per heavy atom. The smallest absolute Gasteiger partial charge is 0.328 e. The number of nitrogens with one attached hydrogen (secondary N) is 1. The van der Waals surface area contributed by atoms with Gasteiger partial charge in [0.25, 0.3) is 0 Å². The summed E-state index contributed by atoms with van der Waals surface area (Å²) in [6.45, 7) is 5.94. The zero-order valence-corrected chi connectivity index (χ0v) is 16.7. The SMILES string of the molecule is COC(=O)[C@H](CC(C)C)NC(=O)CSc1nnc(-c2ccc(C)cc2)n1N. The van der Waals surface area contributed by atoms with E-state index < -0.39 is 12.0 Å². The average Bonchev–Trinajstić information content (AvgIpc) is 2.99. The lowest BCUT2D eigenvalue weighted by atomic mass is 10.0. The Kier molecular flexibility index (Phi) is 7.23. The fraction of sp³-hybridized carbons (Fsp3) is 0.444. The molecule has 8 nitrogen and oxygen atoms in total. The average molecular weight is 391 g/mol. The van der Waals surface area contributed by atoms with E-state index in [1.54, 1.807) is 0 Å². The van der Waals surface area contributed by atoms with E-state index in [4.69, 9.17) is 10.6 Å². The molecule has 1 amide bonds.